The van der Waals surface area contributed by atoms with Crippen LogP contribution in [-0.4, -0.2) is 24.0 Å². The minimum absolute atomic E-state index is 0.130. The lowest BCUT2D eigenvalue weighted by Crippen LogP contribution is -2.09. The molecule has 0 saturated heterocycles. The molecule has 7 heteroatoms. The van der Waals surface area contributed by atoms with Gasteiger partial charge < -0.3 is 14.8 Å². The highest BCUT2D eigenvalue weighted by Gasteiger charge is 2.15. The molecule has 1 amide bonds. The van der Waals surface area contributed by atoms with Crippen LogP contribution in [0.25, 0.3) is 6.08 Å². The van der Waals surface area contributed by atoms with E-state index in [9.17, 15) is 14.9 Å². The molecule has 2 aromatic carbocycles. The van der Waals surface area contributed by atoms with Crippen molar-refractivity contribution in [2.24, 2.45) is 0 Å². The first kappa shape index (κ1) is 21.0. The average Bonchev–Trinajstić information content (AvgIpc) is 2.70. The molecule has 7 nitrogen and oxygen atoms in total. The van der Waals surface area contributed by atoms with Crippen molar-refractivity contribution in [2.45, 2.75) is 26.7 Å². The summed E-state index contributed by atoms with van der Waals surface area (Å²) >= 11 is 0. The molecule has 148 valence electrons. The molecule has 0 spiro atoms. The van der Waals surface area contributed by atoms with E-state index in [2.05, 4.69) is 5.32 Å². The topological polar surface area (TPSA) is 90.7 Å². The van der Waals surface area contributed by atoms with Gasteiger partial charge in [-0.25, -0.2) is 0 Å². The molecule has 28 heavy (non-hydrogen) atoms. The van der Waals surface area contributed by atoms with Crippen LogP contribution in [0.2, 0.25) is 0 Å². The average molecular weight is 384 g/mol. The molecular weight excluding hydrogens is 360 g/mol. The zero-order valence-corrected chi connectivity index (χ0v) is 16.0. The molecule has 0 aromatic heterocycles. The number of benzene rings is 2. The molecule has 0 atom stereocenters. The number of para-hydroxylation sites is 2. The minimum Gasteiger partial charge on any atom is -0.491 e. The predicted molar refractivity (Wildman–Crippen MR) is 109 cm³/mol. The third kappa shape index (κ3) is 6.12. The lowest BCUT2D eigenvalue weighted by atomic mass is 10.1. The molecule has 0 aliphatic carbocycles. The molecule has 0 bridgehead atoms. The number of nitro benzene ring substituents is 1. The van der Waals surface area contributed by atoms with Gasteiger partial charge in [-0.1, -0.05) is 32.0 Å². The van der Waals surface area contributed by atoms with Crippen LogP contribution >= 0.6 is 0 Å². The van der Waals surface area contributed by atoms with Crippen molar-refractivity contribution in [3.05, 3.63) is 64.2 Å². The van der Waals surface area contributed by atoms with E-state index < -0.39 is 4.92 Å². The quantitative estimate of drug-likeness (QED) is 0.360. The maximum Gasteiger partial charge on any atom is 0.311 e. The van der Waals surface area contributed by atoms with E-state index in [1.807, 2.05) is 19.9 Å². The fourth-order valence-electron chi connectivity index (χ4n) is 2.37. The van der Waals surface area contributed by atoms with Gasteiger partial charge in [0.2, 0.25) is 5.91 Å². The lowest BCUT2D eigenvalue weighted by Gasteiger charge is -2.10. The van der Waals surface area contributed by atoms with Gasteiger partial charge in [0.1, 0.15) is 5.75 Å². The van der Waals surface area contributed by atoms with E-state index in [4.69, 9.17) is 9.47 Å². The van der Waals surface area contributed by atoms with Gasteiger partial charge in [-0.2, -0.15) is 0 Å². The Morgan fingerprint density at radius 1 is 1.07 bits per heavy atom. The first-order chi connectivity index (χ1) is 13.5. The Hall–Kier alpha value is -3.35. The zero-order valence-electron chi connectivity index (χ0n) is 16.0. The maximum absolute atomic E-state index is 12.2. The van der Waals surface area contributed by atoms with Gasteiger partial charge in [-0.05, 0) is 42.7 Å². The molecule has 2 rings (SSSR count). The summed E-state index contributed by atoms with van der Waals surface area (Å²) in [6.07, 6.45) is 4.45. The first-order valence-corrected chi connectivity index (χ1v) is 9.17. The third-order valence-electron chi connectivity index (χ3n) is 3.68. The second-order valence-corrected chi connectivity index (χ2v) is 6.00. The van der Waals surface area contributed by atoms with Crippen molar-refractivity contribution in [1.29, 1.82) is 0 Å². The van der Waals surface area contributed by atoms with Gasteiger partial charge in [0.25, 0.3) is 0 Å². The maximum atomic E-state index is 12.2. The number of nitrogens with one attached hydrogen (secondary N) is 1. The van der Waals surface area contributed by atoms with Crippen LogP contribution in [0.3, 0.4) is 0 Å². The number of amides is 1. The Morgan fingerprint density at radius 3 is 2.43 bits per heavy atom. The van der Waals surface area contributed by atoms with Crippen LogP contribution in [0.4, 0.5) is 11.4 Å². The summed E-state index contributed by atoms with van der Waals surface area (Å²) in [5.41, 5.74) is 0.968. The van der Waals surface area contributed by atoms with Gasteiger partial charge in [0, 0.05) is 12.1 Å². The van der Waals surface area contributed by atoms with Crippen LogP contribution in [0, 0.1) is 10.1 Å². The number of carbonyl (C=O) groups is 1. The van der Waals surface area contributed by atoms with E-state index >= 15 is 0 Å². The molecule has 0 radical (unpaired) electrons. The van der Waals surface area contributed by atoms with E-state index in [0.717, 1.165) is 12.8 Å². The minimum atomic E-state index is -0.496. The van der Waals surface area contributed by atoms with Gasteiger partial charge in [0.05, 0.1) is 23.8 Å². The molecule has 0 heterocycles. The van der Waals surface area contributed by atoms with Crippen LogP contribution in [-0.2, 0) is 4.79 Å². The summed E-state index contributed by atoms with van der Waals surface area (Å²) in [5.74, 6) is 0.455. The van der Waals surface area contributed by atoms with Crippen molar-refractivity contribution < 1.29 is 19.2 Å². The molecule has 0 aliphatic heterocycles. The summed E-state index contributed by atoms with van der Waals surface area (Å²) in [7, 11) is 0. The van der Waals surface area contributed by atoms with Crippen molar-refractivity contribution in [3.8, 4) is 11.5 Å². The summed E-state index contributed by atoms with van der Waals surface area (Å²) in [6.45, 7) is 4.88. The van der Waals surface area contributed by atoms with E-state index in [-0.39, 0.29) is 17.3 Å². The van der Waals surface area contributed by atoms with Gasteiger partial charge >= 0.3 is 5.69 Å². The number of hydrogen-bond acceptors (Lipinski definition) is 5. The fraction of sp³-hybridized carbons (Fsp3) is 0.286. The number of nitrogens with zero attached hydrogens (tertiary/aromatic N) is 1. The molecule has 0 unspecified atom stereocenters. The standard InChI is InChI=1S/C21H24N2O5/c1-3-13-27-19-8-6-5-7-17(19)22-21(24)12-10-16-9-11-20(28-14-4-2)18(15-16)23(25)26/h5-12,15H,3-4,13-14H2,1-2H3,(H,22,24)/b12-10+. The Bertz CT molecular complexity index is 848. The van der Waals surface area contributed by atoms with Crippen LogP contribution in [0.5, 0.6) is 11.5 Å². The van der Waals surface area contributed by atoms with Crippen molar-refractivity contribution in [2.75, 3.05) is 18.5 Å². The zero-order chi connectivity index (χ0) is 20.4. The summed E-state index contributed by atoms with van der Waals surface area (Å²) in [4.78, 5) is 23.0. The smallest absolute Gasteiger partial charge is 0.311 e. The third-order valence-corrected chi connectivity index (χ3v) is 3.68. The molecule has 1 N–H and O–H groups in total. The lowest BCUT2D eigenvalue weighted by molar-refractivity contribution is -0.385. The van der Waals surface area contributed by atoms with Gasteiger partial charge in [-0.3, -0.25) is 14.9 Å². The molecular formula is C21H24N2O5. The molecule has 0 fully saturated rings. The largest absolute Gasteiger partial charge is 0.491 e. The number of rotatable bonds is 10. The van der Waals surface area contributed by atoms with E-state index in [1.165, 1.54) is 18.2 Å². The Labute approximate surface area is 164 Å². The van der Waals surface area contributed by atoms with Gasteiger partial charge in [0.15, 0.2) is 5.75 Å². The highest BCUT2D eigenvalue weighted by Crippen LogP contribution is 2.29. The Balaban J connectivity index is 2.10. The Morgan fingerprint density at radius 2 is 1.75 bits per heavy atom. The monoisotopic (exact) mass is 384 g/mol. The number of hydrogen-bond donors (Lipinski definition) is 1. The normalized spacial score (nSPS) is 10.6. The number of nitro groups is 1. The highest BCUT2D eigenvalue weighted by atomic mass is 16.6. The summed E-state index contributed by atoms with van der Waals surface area (Å²) in [5, 5.41) is 14.0. The Kier molecular flexibility index (Phi) is 8.02. The second-order valence-electron chi connectivity index (χ2n) is 6.00. The summed E-state index contributed by atoms with van der Waals surface area (Å²) in [6, 6.07) is 11.8. The number of carbonyl (C=O) groups excluding carboxylic acids is 1. The van der Waals surface area contributed by atoms with Crippen molar-refractivity contribution >= 4 is 23.4 Å². The highest BCUT2D eigenvalue weighted by molar-refractivity contribution is 6.02. The fourth-order valence-corrected chi connectivity index (χ4v) is 2.37. The predicted octanol–water partition coefficient (Wildman–Crippen LogP) is 4.82. The molecule has 2 aromatic rings. The number of ether oxygens (including phenoxy) is 2. The van der Waals surface area contributed by atoms with Crippen LogP contribution < -0.4 is 14.8 Å². The van der Waals surface area contributed by atoms with E-state index in [1.54, 1.807) is 30.3 Å². The van der Waals surface area contributed by atoms with Crippen LogP contribution in [0.15, 0.2) is 48.5 Å². The second kappa shape index (κ2) is 10.7. The summed E-state index contributed by atoms with van der Waals surface area (Å²) < 4.78 is 11.0. The molecule has 0 saturated carbocycles. The molecule has 0 aliphatic rings. The van der Waals surface area contributed by atoms with Crippen molar-refractivity contribution in [3.63, 3.8) is 0 Å². The van der Waals surface area contributed by atoms with Gasteiger partial charge in [-0.15, -0.1) is 0 Å². The number of anilines is 1. The first-order valence-electron chi connectivity index (χ1n) is 9.17. The van der Waals surface area contributed by atoms with Crippen LogP contribution in [0.1, 0.15) is 32.3 Å². The SMILES string of the molecule is CCCOc1ccccc1NC(=O)/C=C/c1ccc(OCCC)c([N+](=O)[O-])c1. The van der Waals surface area contributed by atoms with Crippen molar-refractivity contribution in [1.82, 2.24) is 0 Å². The van der Waals surface area contributed by atoms with E-state index in [0.29, 0.717) is 30.2 Å².